The van der Waals surface area contributed by atoms with Crippen molar-refractivity contribution in [2.24, 2.45) is 0 Å². The number of amides is 1. The fraction of sp³-hybridized carbons (Fsp3) is 0.345. The molecule has 1 amide bonds. The molecule has 1 saturated heterocycles. The average molecular weight is 443 g/mol. The summed E-state index contributed by atoms with van der Waals surface area (Å²) in [5.74, 6) is 1.46. The summed E-state index contributed by atoms with van der Waals surface area (Å²) >= 11 is 0. The second-order valence-electron chi connectivity index (χ2n) is 9.27. The van der Waals surface area contributed by atoms with Crippen molar-refractivity contribution in [3.05, 3.63) is 101 Å². The van der Waals surface area contributed by atoms with Crippen molar-refractivity contribution in [2.45, 2.75) is 39.8 Å². The van der Waals surface area contributed by atoms with Crippen molar-refractivity contribution in [1.82, 2.24) is 9.80 Å². The molecule has 1 heterocycles. The van der Waals surface area contributed by atoms with Gasteiger partial charge < -0.3 is 9.64 Å². The predicted octanol–water partition coefficient (Wildman–Crippen LogP) is 5.66. The SMILES string of the molecule is Cc1cccc(CN2CCN(C(=O)c3cccc(COc4ccc(C(C)C)cc4)c3)CC2)c1. The highest BCUT2D eigenvalue weighted by molar-refractivity contribution is 5.94. The lowest BCUT2D eigenvalue weighted by Gasteiger charge is -2.35. The lowest BCUT2D eigenvalue weighted by Crippen LogP contribution is -2.48. The zero-order valence-electron chi connectivity index (χ0n) is 20.0. The highest BCUT2D eigenvalue weighted by atomic mass is 16.5. The Morgan fingerprint density at radius 3 is 2.27 bits per heavy atom. The molecule has 4 rings (SSSR count). The summed E-state index contributed by atoms with van der Waals surface area (Å²) in [5, 5.41) is 0. The van der Waals surface area contributed by atoms with Crippen LogP contribution in [-0.4, -0.2) is 41.9 Å². The number of hydrogen-bond donors (Lipinski definition) is 0. The van der Waals surface area contributed by atoms with Crippen LogP contribution in [0.2, 0.25) is 0 Å². The van der Waals surface area contributed by atoms with E-state index in [9.17, 15) is 4.79 Å². The minimum Gasteiger partial charge on any atom is -0.489 e. The molecule has 4 heteroatoms. The standard InChI is InChI=1S/C29H34N2O2/c1-22(2)26-10-12-28(13-11-26)33-21-25-8-5-9-27(19-25)29(32)31-16-14-30(15-17-31)20-24-7-4-6-23(3)18-24/h4-13,18-19,22H,14-17,20-21H2,1-3H3. The van der Waals surface area contributed by atoms with Crippen LogP contribution in [0.15, 0.2) is 72.8 Å². The third-order valence-electron chi connectivity index (χ3n) is 6.27. The van der Waals surface area contributed by atoms with Gasteiger partial charge in [-0.15, -0.1) is 0 Å². The van der Waals surface area contributed by atoms with Gasteiger partial charge in [0.25, 0.3) is 5.91 Å². The van der Waals surface area contributed by atoms with E-state index in [0.717, 1.165) is 49.6 Å². The molecule has 172 valence electrons. The molecule has 3 aromatic carbocycles. The molecule has 0 saturated carbocycles. The first kappa shape index (κ1) is 23.1. The second-order valence-corrected chi connectivity index (χ2v) is 9.27. The zero-order valence-corrected chi connectivity index (χ0v) is 20.0. The van der Waals surface area contributed by atoms with Crippen molar-refractivity contribution in [2.75, 3.05) is 26.2 Å². The number of ether oxygens (including phenoxy) is 1. The normalized spacial score (nSPS) is 14.5. The monoisotopic (exact) mass is 442 g/mol. The lowest BCUT2D eigenvalue weighted by atomic mass is 10.0. The molecule has 4 nitrogen and oxygen atoms in total. The smallest absolute Gasteiger partial charge is 0.253 e. The molecule has 0 spiro atoms. The highest BCUT2D eigenvalue weighted by Crippen LogP contribution is 2.20. The third-order valence-corrected chi connectivity index (χ3v) is 6.27. The molecule has 0 aromatic heterocycles. The molecule has 0 atom stereocenters. The minimum atomic E-state index is 0.105. The van der Waals surface area contributed by atoms with Gasteiger partial charge in [-0.25, -0.2) is 0 Å². The van der Waals surface area contributed by atoms with E-state index < -0.39 is 0 Å². The van der Waals surface area contributed by atoms with E-state index in [2.05, 4.69) is 62.1 Å². The molecule has 0 unspecified atom stereocenters. The number of nitrogens with zero attached hydrogens (tertiary/aromatic N) is 2. The Hall–Kier alpha value is -3.11. The molecule has 33 heavy (non-hydrogen) atoms. The van der Waals surface area contributed by atoms with Gasteiger partial charge in [0.15, 0.2) is 0 Å². The van der Waals surface area contributed by atoms with Crippen LogP contribution < -0.4 is 4.74 Å². The van der Waals surface area contributed by atoms with E-state index >= 15 is 0 Å². The molecule has 0 N–H and O–H groups in total. The van der Waals surface area contributed by atoms with Crippen LogP contribution in [0.1, 0.15) is 52.4 Å². The number of carbonyl (C=O) groups excluding carboxylic acids is 1. The topological polar surface area (TPSA) is 32.8 Å². The van der Waals surface area contributed by atoms with Gasteiger partial charge in [-0.2, -0.15) is 0 Å². The quantitative estimate of drug-likeness (QED) is 0.474. The third kappa shape index (κ3) is 6.23. The van der Waals surface area contributed by atoms with E-state index in [1.165, 1.54) is 16.7 Å². The number of hydrogen-bond acceptors (Lipinski definition) is 3. The Bertz CT molecular complexity index is 1070. The highest BCUT2D eigenvalue weighted by Gasteiger charge is 2.22. The number of piperazine rings is 1. The summed E-state index contributed by atoms with van der Waals surface area (Å²) in [7, 11) is 0. The van der Waals surface area contributed by atoms with Gasteiger partial charge in [0.1, 0.15) is 12.4 Å². The predicted molar refractivity (Wildman–Crippen MR) is 134 cm³/mol. The van der Waals surface area contributed by atoms with Crippen molar-refractivity contribution >= 4 is 5.91 Å². The number of rotatable bonds is 7. The summed E-state index contributed by atoms with van der Waals surface area (Å²) in [6.07, 6.45) is 0. The maximum atomic E-state index is 13.1. The number of aryl methyl sites for hydroxylation is 1. The van der Waals surface area contributed by atoms with Gasteiger partial charge in [0, 0.05) is 38.3 Å². The van der Waals surface area contributed by atoms with Gasteiger partial charge in [0.05, 0.1) is 0 Å². The van der Waals surface area contributed by atoms with Gasteiger partial charge in [-0.3, -0.25) is 9.69 Å². The first-order chi connectivity index (χ1) is 16.0. The average Bonchev–Trinajstić information content (AvgIpc) is 2.83. The molecule has 1 fully saturated rings. The molecule has 0 bridgehead atoms. The van der Waals surface area contributed by atoms with Crippen LogP contribution in [0.5, 0.6) is 5.75 Å². The Kier molecular flexibility index (Phi) is 7.46. The van der Waals surface area contributed by atoms with E-state index in [1.54, 1.807) is 0 Å². The van der Waals surface area contributed by atoms with E-state index in [1.807, 2.05) is 41.3 Å². The van der Waals surface area contributed by atoms with Gasteiger partial charge in [-0.05, 0) is 53.8 Å². The maximum Gasteiger partial charge on any atom is 0.253 e. The first-order valence-electron chi connectivity index (χ1n) is 11.9. The van der Waals surface area contributed by atoms with Gasteiger partial charge in [-0.1, -0.05) is 67.9 Å². The lowest BCUT2D eigenvalue weighted by molar-refractivity contribution is 0.0628. The Morgan fingerprint density at radius 1 is 0.879 bits per heavy atom. The zero-order chi connectivity index (χ0) is 23.2. The second kappa shape index (κ2) is 10.7. The summed E-state index contributed by atoms with van der Waals surface area (Å²) in [5.41, 5.74) is 5.67. The molecule has 1 aliphatic heterocycles. The largest absolute Gasteiger partial charge is 0.489 e. The van der Waals surface area contributed by atoms with Crippen molar-refractivity contribution in [1.29, 1.82) is 0 Å². The van der Waals surface area contributed by atoms with Gasteiger partial charge in [0.2, 0.25) is 0 Å². The Balaban J connectivity index is 1.30. The maximum absolute atomic E-state index is 13.1. The van der Waals surface area contributed by atoms with Crippen molar-refractivity contribution < 1.29 is 9.53 Å². The van der Waals surface area contributed by atoms with Crippen LogP contribution in [0, 0.1) is 6.92 Å². The van der Waals surface area contributed by atoms with Crippen LogP contribution in [-0.2, 0) is 13.2 Å². The summed E-state index contributed by atoms with van der Waals surface area (Å²) in [6, 6.07) is 24.7. The molecule has 1 aliphatic rings. The Labute approximate surface area is 197 Å². The molecular formula is C29H34N2O2. The Morgan fingerprint density at radius 2 is 1.58 bits per heavy atom. The van der Waals surface area contributed by atoms with Crippen molar-refractivity contribution in [3.8, 4) is 5.75 Å². The van der Waals surface area contributed by atoms with E-state index in [-0.39, 0.29) is 5.91 Å². The van der Waals surface area contributed by atoms with Crippen molar-refractivity contribution in [3.63, 3.8) is 0 Å². The van der Waals surface area contributed by atoms with Crippen LogP contribution >= 0.6 is 0 Å². The van der Waals surface area contributed by atoms with Gasteiger partial charge >= 0.3 is 0 Å². The fourth-order valence-corrected chi connectivity index (χ4v) is 4.27. The molecule has 0 aliphatic carbocycles. The number of carbonyl (C=O) groups is 1. The van der Waals surface area contributed by atoms with E-state index in [4.69, 9.17) is 4.74 Å². The molecule has 3 aromatic rings. The first-order valence-corrected chi connectivity index (χ1v) is 11.9. The van der Waals surface area contributed by atoms with Crippen LogP contribution in [0.4, 0.5) is 0 Å². The number of benzene rings is 3. The van der Waals surface area contributed by atoms with E-state index in [0.29, 0.717) is 12.5 Å². The fourth-order valence-electron chi connectivity index (χ4n) is 4.27. The summed E-state index contributed by atoms with van der Waals surface area (Å²) in [4.78, 5) is 17.5. The summed E-state index contributed by atoms with van der Waals surface area (Å²) in [6.45, 7) is 11.2. The molecular weight excluding hydrogens is 408 g/mol. The summed E-state index contributed by atoms with van der Waals surface area (Å²) < 4.78 is 5.95. The van der Waals surface area contributed by atoms with Crippen LogP contribution in [0.3, 0.4) is 0 Å². The molecule has 0 radical (unpaired) electrons. The van der Waals surface area contributed by atoms with Crippen LogP contribution in [0.25, 0.3) is 0 Å². The minimum absolute atomic E-state index is 0.105.